The Hall–Kier alpha value is 11.2. The van der Waals surface area contributed by atoms with E-state index in [2.05, 4.69) is 11.7 Å². The minimum Gasteiger partial charge on any atom is -0.302 e. The van der Waals surface area contributed by atoms with Crippen LogP contribution in [0.3, 0.4) is 0 Å². The number of thiol groups is 1. The smallest absolute Gasteiger partial charge is 0.0820 e. The molecule has 34 heteroatoms. The highest BCUT2D eigenvalue weighted by molar-refractivity contribution is 9.61. The molecule has 0 atom stereocenters. The molecular formula is C2H6OS33. The molecule has 36 heavy (non-hydrogen) atoms. The van der Waals surface area contributed by atoms with Crippen molar-refractivity contribution in [2.24, 2.45) is 0 Å². The summed E-state index contributed by atoms with van der Waals surface area (Å²) in [5.74, 6) is 0. The second-order valence-corrected chi connectivity index (χ2v) is 61.4. The first-order valence-corrected chi connectivity index (χ1v) is 49.6. The lowest BCUT2D eigenvalue weighted by Gasteiger charge is -2.06. The summed E-state index contributed by atoms with van der Waals surface area (Å²) in [7, 11) is 51.0. The van der Waals surface area contributed by atoms with Gasteiger partial charge in [0.15, 0.2) is 0 Å². The van der Waals surface area contributed by atoms with Crippen molar-refractivity contribution in [2.45, 2.75) is 6.92 Å². The van der Waals surface area contributed by atoms with Crippen molar-refractivity contribution in [2.75, 3.05) is 6.61 Å². The Labute approximate surface area is 334 Å². The molecule has 0 saturated heterocycles. The van der Waals surface area contributed by atoms with Crippen molar-refractivity contribution in [3.05, 3.63) is 0 Å². The van der Waals surface area contributed by atoms with Gasteiger partial charge in [0, 0.05) is 206 Å². The highest BCUT2D eigenvalue weighted by Gasteiger charge is 2.05. The van der Waals surface area contributed by atoms with E-state index in [0.717, 1.165) is 0 Å². The Bertz CT molecular complexity index is 500. The van der Waals surface area contributed by atoms with E-state index in [0.29, 0.717) is 6.61 Å². The summed E-state index contributed by atoms with van der Waals surface area (Å²) < 4.78 is 5.38. The van der Waals surface area contributed by atoms with E-state index in [1.54, 1.807) is 157 Å². The second kappa shape index (κ2) is 40.7. The van der Waals surface area contributed by atoms with Gasteiger partial charge in [-0.15, -0.1) is 0 Å². The maximum atomic E-state index is 5.38. The lowest BCUT2D eigenvalue weighted by atomic mass is 10.9. The third-order valence-electron chi connectivity index (χ3n) is 1.13. The Balaban J connectivity index is 3.09. The van der Waals surface area contributed by atoms with Crippen molar-refractivity contribution in [1.29, 1.82) is 0 Å². The number of rotatable bonds is 31. The van der Waals surface area contributed by atoms with E-state index >= 15 is 0 Å². The van der Waals surface area contributed by atoms with Gasteiger partial charge >= 0.3 is 0 Å². The van der Waals surface area contributed by atoms with Gasteiger partial charge in [0.25, 0.3) is 0 Å². The van der Waals surface area contributed by atoms with E-state index in [-0.39, 0.29) is 0 Å². The van der Waals surface area contributed by atoms with Gasteiger partial charge in [-0.05, 0) is 108 Å². The van der Waals surface area contributed by atoms with Crippen LogP contribution >= 0.6 is 297 Å². The van der Waals surface area contributed by atoms with Gasteiger partial charge in [0.05, 0.1) is 13.1 Å². The molecule has 0 bridgehead atoms. The maximum Gasteiger partial charge on any atom is 0.0820 e. The van der Waals surface area contributed by atoms with Crippen LogP contribution in [0.5, 0.6) is 0 Å². The second-order valence-electron chi connectivity index (χ2n) is 2.79. The van der Waals surface area contributed by atoms with E-state index in [9.17, 15) is 0 Å². The summed E-state index contributed by atoms with van der Waals surface area (Å²) in [6.07, 6.45) is 0. The van der Waals surface area contributed by atoms with Crippen LogP contribution in [-0.4, -0.2) is 6.61 Å². The van der Waals surface area contributed by atoms with Gasteiger partial charge in [0.1, 0.15) is 0 Å². The van der Waals surface area contributed by atoms with E-state index in [1.165, 1.54) is 19.7 Å². The third kappa shape index (κ3) is 41.4. The topological polar surface area (TPSA) is 9.23 Å². The molecule has 0 aromatic carbocycles. The first kappa shape index (κ1) is 47.2. The van der Waals surface area contributed by atoms with Gasteiger partial charge in [-0.2, -0.15) is 0 Å². The van der Waals surface area contributed by atoms with Crippen molar-refractivity contribution < 1.29 is 4.18 Å². The van der Waals surface area contributed by atoms with Crippen molar-refractivity contribution >= 4 is 325 Å². The van der Waals surface area contributed by atoms with E-state index in [1.807, 2.05) is 115 Å². The predicted octanol–water partition coefficient (Wildman–Crippen LogP) is 19.7. The summed E-state index contributed by atoms with van der Waals surface area (Å²) >= 11 is 14.6. The molecule has 0 fully saturated rings. The minimum atomic E-state index is -1.80. The number of hydrogen-bond donors (Lipinski definition) is 1. The molecule has 0 saturated carbocycles. The summed E-state index contributed by atoms with van der Waals surface area (Å²) in [4.78, 5) is 0. The molecule has 0 rings (SSSR count). The quantitative estimate of drug-likeness (QED) is 0.0401. The largest absolute Gasteiger partial charge is 0.302 e. The Morgan fingerprint density at radius 1 is 0.444 bits per heavy atom. The van der Waals surface area contributed by atoms with Crippen LogP contribution in [0.1, 0.15) is 6.92 Å². The lowest BCUT2D eigenvalue weighted by molar-refractivity contribution is 0.402. The van der Waals surface area contributed by atoms with Crippen LogP contribution < -0.4 is 0 Å². The third-order valence-corrected chi connectivity index (χ3v) is 70.1. The minimum absolute atomic E-state index is 0.583. The van der Waals surface area contributed by atoms with E-state index < -0.39 is 6.46 Å². The van der Waals surface area contributed by atoms with Gasteiger partial charge in [-0.1, -0.05) is 11.7 Å². The first-order chi connectivity index (χ1) is 17.6. The highest BCUT2D eigenvalue weighted by Crippen LogP contribution is 2.66. The molecule has 0 aliphatic carbocycles. The standard InChI is InChI=1S/C2H6OS33/c1-2-3-36(5,6)35-34-33-32-31-30-29-28-27-26-25-24-23-22-21-20-19-18-17-16-15-14-13-12-11-10-9-8-7-4/h4H,2H2,1H3. The first-order valence-electron chi connectivity index (χ1n) is 6.51. The summed E-state index contributed by atoms with van der Waals surface area (Å²) in [5.41, 5.74) is 0. The lowest BCUT2D eigenvalue weighted by Crippen LogP contribution is -1.93. The molecule has 0 N–H and O–H groups in total. The molecule has 0 aliphatic rings. The number of hydrogen-bond acceptors (Lipinski definition) is 33. The van der Waals surface area contributed by atoms with Gasteiger partial charge in [-0.25, -0.2) is 0 Å². The maximum absolute atomic E-state index is 5.38. The summed E-state index contributed by atoms with van der Waals surface area (Å²) in [5, 5.41) is 0. The molecule has 218 valence electrons. The molecule has 0 heterocycles. The predicted molar refractivity (Wildman–Crippen MR) is 263 cm³/mol. The fraction of sp³-hybridized carbons (Fsp3) is 1.00. The highest BCUT2D eigenvalue weighted by atomic mass is 34.1. The van der Waals surface area contributed by atoms with Crippen LogP contribution in [0, 0.1) is 0 Å². The SMILES string of the molecule is CCOS(=S)(=S)SSSSSSSSSSSSSSSSSSSSSSSSSSSSSS. The monoisotopic (exact) mass is 1100 g/mol. The molecule has 0 radical (unpaired) electrons. The van der Waals surface area contributed by atoms with Crippen molar-refractivity contribution in [1.82, 2.24) is 0 Å². The Morgan fingerprint density at radius 3 is 0.889 bits per heavy atom. The van der Waals surface area contributed by atoms with Gasteiger partial charge in [-0.3, -0.25) is 0 Å². The molecule has 0 unspecified atom stereocenters. The molecule has 0 spiro atoms. The van der Waals surface area contributed by atoms with Crippen LogP contribution in [0.25, 0.3) is 0 Å². The van der Waals surface area contributed by atoms with Crippen LogP contribution in [0.4, 0.5) is 0 Å². The fourth-order valence-electron chi connectivity index (χ4n) is 0.505. The molecule has 0 amide bonds. The van der Waals surface area contributed by atoms with E-state index in [4.69, 9.17) is 26.6 Å². The average molecular weight is 1100 g/mol. The summed E-state index contributed by atoms with van der Waals surface area (Å²) in [6, 6.07) is 0. The van der Waals surface area contributed by atoms with Crippen LogP contribution in [0.2, 0.25) is 0 Å². The van der Waals surface area contributed by atoms with Crippen LogP contribution in [0.15, 0.2) is 0 Å². The summed E-state index contributed by atoms with van der Waals surface area (Å²) in [6.45, 7) is 0.706. The Kier molecular flexibility index (Phi) is 53.4. The molecule has 1 nitrogen and oxygen atoms in total. The molecule has 0 aliphatic heterocycles. The Morgan fingerprint density at radius 2 is 0.667 bits per heavy atom. The van der Waals surface area contributed by atoms with Crippen molar-refractivity contribution in [3.63, 3.8) is 0 Å². The van der Waals surface area contributed by atoms with Crippen molar-refractivity contribution in [3.8, 4) is 0 Å². The zero-order chi connectivity index (χ0) is 26.4. The van der Waals surface area contributed by atoms with Crippen LogP contribution in [-0.2, 0) is 33.0 Å². The van der Waals surface area contributed by atoms with Gasteiger partial charge in [0.2, 0.25) is 0 Å². The molecule has 0 aromatic rings. The average Bonchev–Trinajstić information content (AvgIpc) is 2.85. The molecule has 0 aromatic heterocycles. The normalized spacial score (nSPS) is 11.9. The van der Waals surface area contributed by atoms with Gasteiger partial charge < -0.3 is 4.18 Å². The zero-order valence-electron chi connectivity index (χ0n) is 15.6. The fourth-order valence-corrected chi connectivity index (χ4v) is 82.9. The zero-order valence-corrected chi connectivity index (χ0v) is 42.6. The molecular weight excluding hydrogens is 1100 g/mol.